The summed E-state index contributed by atoms with van der Waals surface area (Å²) in [6, 6.07) is 5.65. The van der Waals surface area contributed by atoms with E-state index in [1.807, 2.05) is 6.07 Å². The number of rotatable bonds is 2. The molecule has 0 aliphatic rings. The Morgan fingerprint density at radius 1 is 1.40 bits per heavy atom. The van der Waals surface area contributed by atoms with Gasteiger partial charge in [0, 0.05) is 18.0 Å². The number of nitrogens with zero attached hydrogens (tertiary/aromatic N) is 4. The fraction of sp³-hybridized carbons (Fsp3) is 0.100. The summed E-state index contributed by atoms with van der Waals surface area (Å²) < 4.78 is 1.59. The Morgan fingerprint density at radius 3 is 2.80 bits per heavy atom. The summed E-state index contributed by atoms with van der Waals surface area (Å²) >= 11 is 0. The zero-order chi connectivity index (χ0) is 10.7. The van der Waals surface area contributed by atoms with Crippen LogP contribution in [0.3, 0.4) is 0 Å². The van der Waals surface area contributed by atoms with Crippen molar-refractivity contribution in [2.75, 3.05) is 5.73 Å². The first kappa shape index (κ1) is 9.21. The van der Waals surface area contributed by atoms with E-state index >= 15 is 0 Å². The second kappa shape index (κ2) is 3.80. The molecule has 5 nitrogen and oxygen atoms in total. The van der Waals surface area contributed by atoms with Gasteiger partial charge in [0.1, 0.15) is 5.82 Å². The summed E-state index contributed by atoms with van der Waals surface area (Å²) in [6.07, 6.45) is 5.22. The lowest BCUT2D eigenvalue weighted by Gasteiger charge is -2.02. The van der Waals surface area contributed by atoms with E-state index in [2.05, 4.69) is 10.1 Å². The summed E-state index contributed by atoms with van der Waals surface area (Å²) in [6.45, 7) is 0. The molecular weight excluding hydrogens is 190 g/mol. The number of nitriles is 1. The first-order valence-electron chi connectivity index (χ1n) is 4.42. The molecule has 0 aliphatic heterocycles. The first-order chi connectivity index (χ1) is 7.33. The average Bonchev–Trinajstić information content (AvgIpc) is 2.63. The Kier molecular flexibility index (Phi) is 2.33. The van der Waals surface area contributed by atoms with E-state index in [1.54, 1.807) is 35.4 Å². The van der Waals surface area contributed by atoms with Gasteiger partial charge in [0.15, 0.2) is 0 Å². The van der Waals surface area contributed by atoms with Gasteiger partial charge in [-0.3, -0.25) is 4.98 Å². The van der Waals surface area contributed by atoms with Crippen LogP contribution in [0.2, 0.25) is 0 Å². The fourth-order valence-electron chi connectivity index (χ4n) is 1.30. The molecular formula is C10H9N5. The van der Waals surface area contributed by atoms with Gasteiger partial charge in [-0.05, 0) is 12.1 Å². The third kappa shape index (κ3) is 1.65. The molecule has 0 unspecified atom stereocenters. The van der Waals surface area contributed by atoms with Gasteiger partial charge in [0.05, 0.1) is 24.4 Å². The van der Waals surface area contributed by atoms with E-state index in [0.717, 1.165) is 11.3 Å². The highest BCUT2D eigenvalue weighted by atomic mass is 15.3. The normalized spacial score (nSPS) is 9.80. The van der Waals surface area contributed by atoms with Gasteiger partial charge in [-0.25, -0.2) is 4.68 Å². The van der Waals surface area contributed by atoms with Crippen LogP contribution in [0, 0.1) is 11.3 Å². The SMILES string of the molecule is N#CCc1cnn(-c2ccncc2)c1N. The summed E-state index contributed by atoms with van der Waals surface area (Å²) in [7, 11) is 0. The molecule has 0 bridgehead atoms. The van der Waals surface area contributed by atoms with E-state index in [0.29, 0.717) is 5.82 Å². The van der Waals surface area contributed by atoms with Gasteiger partial charge >= 0.3 is 0 Å². The summed E-state index contributed by atoms with van der Waals surface area (Å²) in [5.41, 5.74) is 7.43. The molecule has 74 valence electrons. The minimum absolute atomic E-state index is 0.275. The lowest BCUT2D eigenvalue weighted by Crippen LogP contribution is -2.02. The van der Waals surface area contributed by atoms with Crippen molar-refractivity contribution in [2.45, 2.75) is 6.42 Å². The maximum absolute atomic E-state index is 8.57. The standard InChI is InChI=1S/C10H9N5/c11-4-1-8-7-14-15(10(8)12)9-2-5-13-6-3-9/h2-3,5-7H,1,12H2. The van der Waals surface area contributed by atoms with Crippen molar-refractivity contribution < 1.29 is 0 Å². The quantitative estimate of drug-likeness (QED) is 0.779. The lowest BCUT2D eigenvalue weighted by molar-refractivity contribution is 0.888. The van der Waals surface area contributed by atoms with E-state index in [1.165, 1.54) is 0 Å². The minimum atomic E-state index is 0.275. The van der Waals surface area contributed by atoms with Gasteiger partial charge < -0.3 is 5.73 Å². The largest absolute Gasteiger partial charge is 0.383 e. The van der Waals surface area contributed by atoms with Gasteiger partial charge in [0.25, 0.3) is 0 Å². The van der Waals surface area contributed by atoms with E-state index in [4.69, 9.17) is 11.0 Å². The van der Waals surface area contributed by atoms with Crippen LogP contribution in [0.1, 0.15) is 5.56 Å². The van der Waals surface area contributed by atoms with Crippen LogP contribution < -0.4 is 5.73 Å². The Hall–Kier alpha value is -2.35. The first-order valence-corrected chi connectivity index (χ1v) is 4.42. The van der Waals surface area contributed by atoms with Crippen molar-refractivity contribution in [1.82, 2.24) is 14.8 Å². The molecule has 2 rings (SSSR count). The molecule has 0 aliphatic carbocycles. The monoisotopic (exact) mass is 199 g/mol. The number of nitrogens with two attached hydrogens (primary N) is 1. The van der Waals surface area contributed by atoms with Crippen LogP contribution in [0.4, 0.5) is 5.82 Å². The van der Waals surface area contributed by atoms with Crippen molar-refractivity contribution in [2.24, 2.45) is 0 Å². The number of hydrogen-bond acceptors (Lipinski definition) is 4. The Bertz CT molecular complexity index is 494. The highest BCUT2D eigenvalue weighted by molar-refractivity contribution is 5.47. The van der Waals surface area contributed by atoms with Crippen LogP contribution in [0.5, 0.6) is 0 Å². The highest BCUT2D eigenvalue weighted by Crippen LogP contribution is 2.16. The molecule has 0 aromatic carbocycles. The van der Waals surface area contributed by atoms with E-state index < -0.39 is 0 Å². The topological polar surface area (TPSA) is 80.5 Å². The highest BCUT2D eigenvalue weighted by Gasteiger charge is 2.07. The predicted molar refractivity (Wildman–Crippen MR) is 55.1 cm³/mol. The van der Waals surface area contributed by atoms with Crippen molar-refractivity contribution >= 4 is 5.82 Å². The number of anilines is 1. The molecule has 2 N–H and O–H groups in total. The second-order valence-corrected chi connectivity index (χ2v) is 3.01. The maximum Gasteiger partial charge on any atom is 0.131 e. The van der Waals surface area contributed by atoms with E-state index in [9.17, 15) is 0 Å². The summed E-state index contributed by atoms with van der Waals surface area (Å²) in [5, 5.41) is 12.7. The molecule has 0 radical (unpaired) electrons. The summed E-state index contributed by atoms with van der Waals surface area (Å²) in [5.74, 6) is 0.503. The molecule has 2 heterocycles. The molecule has 0 spiro atoms. The van der Waals surface area contributed by atoms with Gasteiger partial charge in [-0.2, -0.15) is 10.4 Å². The second-order valence-electron chi connectivity index (χ2n) is 3.01. The fourth-order valence-corrected chi connectivity index (χ4v) is 1.30. The molecule has 0 saturated heterocycles. The van der Waals surface area contributed by atoms with Crippen molar-refractivity contribution in [1.29, 1.82) is 5.26 Å². The third-order valence-corrected chi connectivity index (χ3v) is 2.06. The Labute approximate surface area is 86.8 Å². The van der Waals surface area contributed by atoms with Crippen LogP contribution >= 0.6 is 0 Å². The minimum Gasteiger partial charge on any atom is -0.383 e. The zero-order valence-corrected chi connectivity index (χ0v) is 7.96. The summed E-state index contributed by atoms with van der Waals surface area (Å²) in [4.78, 5) is 3.91. The molecule has 0 amide bonds. The average molecular weight is 199 g/mol. The molecule has 5 heteroatoms. The molecule has 15 heavy (non-hydrogen) atoms. The molecule has 0 atom stereocenters. The smallest absolute Gasteiger partial charge is 0.131 e. The lowest BCUT2D eigenvalue weighted by atomic mass is 10.2. The maximum atomic E-state index is 8.57. The van der Waals surface area contributed by atoms with Crippen LogP contribution in [-0.4, -0.2) is 14.8 Å². The Balaban J connectivity index is 2.43. The molecule has 0 fully saturated rings. The van der Waals surface area contributed by atoms with Gasteiger partial charge in [-0.15, -0.1) is 0 Å². The zero-order valence-electron chi connectivity index (χ0n) is 7.96. The van der Waals surface area contributed by atoms with Crippen molar-refractivity contribution in [3.63, 3.8) is 0 Å². The van der Waals surface area contributed by atoms with Crippen LogP contribution in [0.15, 0.2) is 30.7 Å². The number of hydrogen-bond donors (Lipinski definition) is 1. The number of nitrogen functional groups attached to an aromatic ring is 1. The molecule has 0 saturated carbocycles. The molecule has 2 aromatic heterocycles. The van der Waals surface area contributed by atoms with Crippen molar-refractivity contribution in [3.05, 3.63) is 36.3 Å². The number of pyridine rings is 1. The van der Waals surface area contributed by atoms with Gasteiger partial charge in [0.2, 0.25) is 0 Å². The van der Waals surface area contributed by atoms with Crippen LogP contribution in [0.25, 0.3) is 5.69 Å². The molecule has 2 aromatic rings. The Morgan fingerprint density at radius 2 is 2.13 bits per heavy atom. The van der Waals surface area contributed by atoms with E-state index in [-0.39, 0.29) is 6.42 Å². The van der Waals surface area contributed by atoms with Gasteiger partial charge in [-0.1, -0.05) is 0 Å². The van der Waals surface area contributed by atoms with Crippen LogP contribution in [-0.2, 0) is 6.42 Å². The third-order valence-electron chi connectivity index (χ3n) is 2.06. The van der Waals surface area contributed by atoms with Crippen molar-refractivity contribution in [3.8, 4) is 11.8 Å². The predicted octanol–water partition coefficient (Wildman–Crippen LogP) is 0.916. The number of aromatic nitrogens is 3.